The lowest BCUT2D eigenvalue weighted by Crippen LogP contribution is -2.48. The summed E-state index contributed by atoms with van der Waals surface area (Å²) in [5.41, 5.74) is -0.584. The van der Waals surface area contributed by atoms with Crippen LogP contribution in [0, 0.1) is 0 Å². The van der Waals surface area contributed by atoms with Crippen LogP contribution < -0.4 is 0 Å². The van der Waals surface area contributed by atoms with E-state index < -0.39 is 21.8 Å². The Morgan fingerprint density at radius 2 is 1.63 bits per heavy atom. The summed E-state index contributed by atoms with van der Waals surface area (Å²) in [6, 6.07) is 7.20. The second kappa shape index (κ2) is 8.40. The van der Waals surface area contributed by atoms with Crippen LogP contribution in [0.25, 0.3) is 0 Å². The van der Waals surface area contributed by atoms with Gasteiger partial charge in [0.15, 0.2) is 0 Å². The van der Waals surface area contributed by atoms with Gasteiger partial charge in [0.2, 0.25) is 5.09 Å². The highest BCUT2D eigenvalue weighted by molar-refractivity contribution is 7.88. The second-order valence-corrected chi connectivity index (χ2v) is 9.23. The molecule has 7 nitrogen and oxygen atoms in total. The van der Waals surface area contributed by atoms with Gasteiger partial charge in [-0.05, 0) is 36.4 Å². The average Bonchev–Trinajstić information content (AvgIpc) is 3.16. The maximum atomic E-state index is 12.7. The van der Waals surface area contributed by atoms with Crippen molar-refractivity contribution in [3.63, 3.8) is 0 Å². The highest BCUT2D eigenvalue weighted by Gasteiger charge is 2.31. The van der Waals surface area contributed by atoms with E-state index in [1.54, 1.807) is 11.0 Å². The Hall–Kier alpha value is -2.37. The van der Waals surface area contributed by atoms with E-state index in [9.17, 15) is 26.4 Å². The number of carbonyl (C=O) groups excluding carboxylic acids is 1. The first-order valence-corrected chi connectivity index (χ1v) is 10.6. The number of alkyl halides is 3. The molecule has 3 rings (SSSR count). The highest BCUT2D eigenvalue weighted by Crippen LogP contribution is 2.29. The fourth-order valence-electron chi connectivity index (χ4n) is 3.08. The SMILES string of the molecule is CN(C)S(=O)(=O)c1ccc(CN2CCN(C(=O)c3ccc(C(F)(F)F)cc3)CC2)o1. The van der Waals surface area contributed by atoms with Crippen molar-refractivity contribution < 1.29 is 30.8 Å². The normalized spacial score (nSPS) is 16.3. The molecule has 0 spiro atoms. The molecule has 1 amide bonds. The number of hydrogen-bond acceptors (Lipinski definition) is 5. The molecule has 2 heterocycles. The van der Waals surface area contributed by atoms with Crippen LogP contribution in [0.15, 0.2) is 45.9 Å². The van der Waals surface area contributed by atoms with Crippen LogP contribution in [0.5, 0.6) is 0 Å². The number of rotatable bonds is 5. The van der Waals surface area contributed by atoms with Gasteiger partial charge in [-0.3, -0.25) is 9.69 Å². The first-order valence-electron chi connectivity index (χ1n) is 9.18. The average molecular weight is 445 g/mol. The summed E-state index contributed by atoms with van der Waals surface area (Å²) < 4.78 is 68.7. The molecule has 0 atom stereocenters. The minimum absolute atomic E-state index is 0.126. The van der Waals surface area contributed by atoms with Crippen LogP contribution >= 0.6 is 0 Å². The monoisotopic (exact) mass is 445 g/mol. The molecule has 30 heavy (non-hydrogen) atoms. The molecule has 0 saturated carbocycles. The molecule has 0 bridgehead atoms. The highest BCUT2D eigenvalue weighted by atomic mass is 32.2. The summed E-state index contributed by atoms with van der Waals surface area (Å²) in [4.78, 5) is 16.1. The molecular weight excluding hydrogens is 423 g/mol. The van der Waals surface area contributed by atoms with E-state index in [2.05, 4.69) is 0 Å². The van der Waals surface area contributed by atoms with Crippen LogP contribution in [0.2, 0.25) is 0 Å². The minimum atomic E-state index is -4.44. The van der Waals surface area contributed by atoms with Crippen molar-refractivity contribution in [2.24, 2.45) is 0 Å². The lowest BCUT2D eigenvalue weighted by atomic mass is 10.1. The van der Waals surface area contributed by atoms with Gasteiger partial charge in [-0.2, -0.15) is 13.2 Å². The molecule has 1 saturated heterocycles. The Morgan fingerprint density at radius 3 is 2.17 bits per heavy atom. The molecule has 0 aliphatic carbocycles. The zero-order valence-electron chi connectivity index (χ0n) is 16.5. The van der Waals surface area contributed by atoms with Crippen LogP contribution in [-0.4, -0.2) is 68.7 Å². The summed E-state index contributed by atoms with van der Waals surface area (Å²) in [5.74, 6) is 0.179. The predicted molar refractivity (Wildman–Crippen MR) is 102 cm³/mol. The summed E-state index contributed by atoms with van der Waals surface area (Å²) in [6.45, 7) is 2.27. The van der Waals surface area contributed by atoms with Gasteiger partial charge >= 0.3 is 6.18 Å². The number of halogens is 3. The second-order valence-electron chi connectivity index (χ2n) is 7.15. The van der Waals surface area contributed by atoms with Crippen LogP contribution in [-0.2, 0) is 22.7 Å². The van der Waals surface area contributed by atoms with Crippen molar-refractivity contribution in [3.8, 4) is 0 Å². The Morgan fingerprint density at radius 1 is 1.03 bits per heavy atom. The quantitative estimate of drug-likeness (QED) is 0.707. The summed E-state index contributed by atoms with van der Waals surface area (Å²) >= 11 is 0. The maximum Gasteiger partial charge on any atom is 0.416 e. The van der Waals surface area contributed by atoms with Crippen molar-refractivity contribution in [1.82, 2.24) is 14.1 Å². The standard InChI is InChI=1S/C19H22F3N3O4S/c1-23(2)30(27,28)17-8-7-16(29-17)13-24-9-11-25(12-10-24)18(26)14-3-5-15(6-4-14)19(20,21)22/h3-8H,9-13H2,1-2H3. The Labute approximate surface area is 172 Å². The van der Waals surface area contributed by atoms with E-state index in [-0.39, 0.29) is 16.6 Å². The fraction of sp³-hybridized carbons (Fsp3) is 0.421. The number of amides is 1. The lowest BCUT2D eigenvalue weighted by Gasteiger charge is -2.34. The number of piperazine rings is 1. The van der Waals surface area contributed by atoms with Gasteiger partial charge in [-0.25, -0.2) is 12.7 Å². The molecule has 0 radical (unpaired) electrons. The molecule has 2 aromatic rings. The van der Waals surface area contributed by atoms with Gasteiger partial charge in [0, 0.05) is 45.8 Å². The van der Waals surface area contributed by atoms with E-state index in [4.69, 9.17) is 4.42 Å². The van der Waals surface area contributed by atoms with Crippen molar-refractivity contribution >= 4 is 15.9 Å². The summed E-state index contributed by atoms with van der Waals surface area (Å²) in [5, 5.41) is -0.126. The molecule has 1 fully saturated rings. The van der Waals surface area contributed by atoms with E-state index in [1.165, 1.54) is 32.3 Å². The molecule has 1 aromatic heterocycles. The zero-order chi connectivity index (χ0) is 22.1. The lowest BCUT2D eigenvalue weighted by molar-refractivity contribution is -0.137. The van der Waals surface area contributed by atoms with Gasteiger partial charge in [0.25, 0.3) is 15.9 Å². The van der Waals surface area contributed by atoms with Gasteiger partial charge < -0.3 is 9.32 Å². The number of hydrogen-bond donors (Lipinski definition) is 0. The third-order valence-electron chi connectivity index (χ3n) is 4.87. The summed E-state index contributed by atoms with van der Waals surface area (Å²) in [6.07, 6.45) is -4.44. The first kappa shape index (κ1) is 22.3. The molecule has 1 aliphatic rings. The molecule has 1 aromatic carbocycles. The largest absolute Gasteiger partial charge is 0.447 e. The minimum Gasteiger partial charge on any atom is -0.447 e. The van der Waals surface area contributed by atoms with Gasteiger partial charge in [-0.15, -0.1) is 0 Å². The number of furan rings is 1. The molecular formula is C19H22F3N3O4S. The van der Waals surface area contributed by atoms with Crippen molar-refractivity contribution in [1.29, 1.82) is 0 Å². The molecule has 11 heteroatoms. The predicted octanol–water partition coefficient (Wildman–Crippen LogP) is 2.51. The van der Waals surface area contributed by atoms with Gasteiger partial charge in [-0.1, -0.05) is 0 Å². The fourth-order valence-corrected chi connectivity index (χ4v) is 3.89. The van der Waals surface area contributed by atoms with Crippen LogP contribution in [0.3, 0.4) is 0 Å². The summed E-state index contributed by atoms with van der Waals surface area (Å²) in [7, 11) is -0.793. The van der Waals surface area contributed by atoms with E-state index in [0.717, 1.165) is 16.4 Å². The first-order chi connectivity index (χ1) is 14.0. The number of sulfonamides is 1. The van der Waals surface area contributed by atoms with Crippen molar-refractivity contribution in [2.75, 3.05) is 40.3 Å². The smallest absolute Gasteiger partial charge is 0.416 e. The van der Waals surface area contributed by atoms with E-state index in [1.807, 2.05) is 4.90 Å². The zero-order valence-corrected chi connectivity index (χ0v) is 17.3. The van der Waals surface area contributed by atoms with Crippen molar-refractivity contribution in [2.45, 2.75) is 17.8 Å². The Kier molecular flexibility index (Phi) is 6.25. The number of carbonyl (C=O) groups is 1. The topological polar surface area (TPSA) is 74.1 Å². The van der Waals surface area contributed by atoms with Gasteiger partial charge in [0.05, 0.1) is 12.1 Å². The Balaban J connectivity index is 1.56. The molecule has 1 aliphatic heterocycles. The molecule has 0 unspecified atom stereocenters. The van der Waals surface area contributed by atoms with Gasteiger partial charge in [0.1, 0.15) is 5.76 Å². The number of benzene rings is 1. The third kappa shape index (κ3) is 4.85. The van der Waals surface area contributed by atoms with Crippen LogP contribution in [0.4, 0.5) is 13.2 Å². The van der Waals surface area contributed by atoms with Crippen LogP contribution in [0.1, 0.15) is 21.7 Å². The Bertz CT molecular complexity index is 993. The molecule has 0 N–H and O–H groups in total. The third-order valence-corrected chi connectivity index (χ3v) is 6.56. The maximum absolute atomic E-state index is 12.7. The van der Waals surface area contributed by atoms with E-state index in [0.29, 0.717) is 38.5 Å². The molecule has 164 valence electrons. The number of nitrogens with zero attached hydrogens (tertiary/aromatic N) is 3. The van der Waals surface area contributed by atoms with Crippen molar-refractivity contribution in [3.05, 3.63) is 53.3 Å². The van der Waals surface area contributed by atoms with E-state index >= 15 is 0 Å².